The van der Waals surface area contributed by atoms with Gasteiger partial charge < -0.3 is 15.0 Å². The summed E-state index contributed by atoms with van der Waals surface area (Å²) in [5.41, 5.74) is 2.53. The van der Waals surface area contributed by atoms with Gasteiger partial charge in [0.15, 0.2) is 0 Å². The molecule has 1 N–H and O–H groups in total. The van der Waals surface area contributed by atoms with Crippen molar-refractivity contribution in [2.75, 3.05) is 34.7 Å². The number of carbonyl (C=O) groups excluding carboxylic acids is 2. The lowest BCUT2D eigenvalue weighted by Crippen LogP contribution is -2.38. The Bertz CT molecular complexity index is 1320. The molecule has 3 aromatic rings. The fourth-order valence-corrected chi connectivity index (χ4v) is 5.42. The Hall–Kier alpha value is -3.85. The molecule has 0 radical (unpaired) electrons. The van der Waals surface area contributed by atoms with Gasteiger partial charge in [-0.3, -0.25) is 13.9 Å². The van der Waals surface area contributed by atoms with E-state index in [2.05, 4.69) is 5.32 Å². The molecule has 9 heteroatoms. The number of rotatable bonds is 8. The Morgan fingerprint density at radius 1 is 1.06 bits per heavy atom. The zero-order valence-electron chi connectivity index (χ0n) is 19.6. The molecule has 35 heavy (non-hydrogen) atoms. The van der Waals surface area contributed by atoms with Crippen molar-refractivity contribution in [2.24, 2.45) is 0 Å². The SMILES string of the molecule is COc1ccc(S(=O)(=O)N(CC(=O)Nc2ccc(C)c(N3CCCC3=O)c2)c2ccccc2)cc1. The Morgan fingerprint density at radius 2 is 1.77 bits per heavy atom. The summed E-state index contributed by atoms with van der Waals surface area (Å²) >= 11 is 0. The maximum Gasteiger partial charge on any atom is 0.264 e. The zero-order chi connectivity index (χ0) is 25.0. The van der Waals surface area contributed by atoms with Gasteiger partial charge in [-0.05, 0) is 67.4 Å². The number of aryl methyl sites for hydroxylation is 1. The largest absolute Gasteiger partial charge is 0.497 e. The van der Waals surface area contributed by atoms with Crippen molar-refractivity contribution in [1.82, 2.24) is 0 Å². The molecule has 3 aromatic carbocycles. The second-order valence-electron chi connectivity index (χ2n) is 8.22. The van der Waals surface area contributed by atoms with E-state index >= 15 is 0 Å². The average molecular weight is 494 g/mol. The molecule has 0 spiro atoms. The number of carbonyl (C=O) groups is 2. The van der Waals surface area contributed by atoms with Gasteiger partial charge in [-0.1, -0.05) is 24.3 Å². The molecule has 2 amide bonds. The summed E-state index contributed by atoms with van der Waals surface area (Å²) in [5.74, 6) is 0.0746. The number of ether oxygens (including phenoxy) is 1. The number of hydrogen-bond acceptors (Lipinski definition) is 5. The molecule has 1 aliphatic rings. The van der Waals surface area contributed by atoms with Crippen LogP contribution < -0.4 is 19.3 Å². The minimum atomic E-state index is -4.04. The fraction of sp³-hybridized carbons (Fsp3) is 0.231. The summed E-state index contributed by atoms with van der Waals surface area (Å²) in [5, 5.41) is 2.79. The van der Waals surface area contributed by atoms with Gasteiger partial charge >= 0.3 is 0 Å². The van der Waals surface area contributed by atoms with Crippen molar-refractivity contribution in [3.8, 4) is 5.75 Å². The molecule has 0 bridgehead atoms. The van der Waals surface area contributed by atoms with E-state index in [0.29, 0.717) is 30.1 Å². The predicted octanol–water partition coefficient (Wildman–Crippen LogP) is 3.96. The Balaban J connectivity index is 1.59. The van der Waals surface area contributed by atoms with Gasteiger partial charge in [-0.2, -0.15) is 0 Å². The van der Waals surface area contributed by atoms with Crippen LogP contribution in [0.25, 0.3) is 0 Å². The quantitative estimate of drug-likeness (QED) is 0.512. The van der Waals surface area contributed by atoms with Gasteiger partial charge in [0.05, 0.1) is 17.7 Å². The monoisotopic (exact) mass is 493 g/mol. The van der Waals surface area contributed by atoms with Crippen LogP contribution in [-0.4, -0.2) is 40.4 Å². The third kappa shape index (κ3) is 5.30. The summed E-state index contributed by atoms with van der Waals surface area (Å²) < 4.78 is 33.2. The average Bonchev–Trinajstić information content (AvgIpc) is 3.29. The van der Waals surface area contributed by atoms with E-state index in [9.17, 15) is 18.0 Å². The van der Waals surface area contributed by atoms with E-state index in [-0.39, 0.29) is 10.8 Å². The number of benzene rings is 3. The van der Waals surface area contributed by atoms with E-state index in [1.807, 2.05) is 13.0 Å². The first-order chi connectivity index (χ1) is 16.8. The molecule has 1 saturated heterocycles. The van der Waals surface area contributed by atoms with Crippen molar-refractivity contribution in [2.45, 2.75) is 24.7 Å². The fourth-order valence-electron chi connectivity index (χ4n) is 4.00. The molecule has 1 heterocycles. The van der Waals surface area contributed by atoms with Crippen LogP contribution >= 0.6 is 0 Å². The molecule has 0 aliphatic carbocycles. The van der Waals surface area contributed by atoms with Crippen LogP contribution in [0.5, 0.6) is 5.75 Å². The van der Waals surface area contributed by atoms with Gasteiger partial charge in [-0.25, -0.2) is 8.42 Å². The summed E-state index contributed by atoms with van der Waals surface area (Å²) in [6.45, 7) is 2.12. The van der Waals surface area contributed by atoms with Gasteiger partial charge in [0.2, 0.25) is 11.8 Å². The van der Waals surface area contributed by atoms with Gasteiger partial charge in [0.25, 0.3) is 10.0 Å². The number of methoxy groups -OCH3 is 1. The highest BCUT2D eigenvalue weighted by molar-refractivity contribution is 7.92. The topological polar surface area (TPSA) is 96.0 Å². The van der Waals surface area contributed by atoms with Crippen LogP contribution in [0.3, 0.4) is 0 Å². The maximum absolute atomic E-state index is 13.5. The zero-order valence-corrected chi connectivity index (χ0v) is 20.4. The molecule has 4 rings (SSSR count). The summed E-state index contributed by atoms with van der Waals surface area (Å²) in [7, 11) is -2.54. The van der Waals surface area contributed by atoms with Crippen LogP contribution in [0.4, 0.5) is 17.1 Å². The molecule has 8 nitrogen and oxygen atoms in total. The highest BCUT2D eigenvalue weighted by Gasteiger charge is 2.28. The van der Waals surface area contributed by atoms with Crippen molar-refractivity contribution in [1.29, 1.82) is 0 Å². The molecular formula is C26H27N3O5S. The number of nitrogens with one attached hydrogen (secondary N) is 1. The lowest BCUT2D eigenvalue weighted by molar-refractivity contribution is -0.117. The molecular weight excluding hydrogens is 466 g/mol. The second-order valence-corrected chi connectivity index (χ2v) is 10.1. The first-order valence-electron chi connectivity index (χ1n) is 11.2. The van der Waals surface area contributed by atoms with Gasteiger partial charge in [0.1, 0.15) is 12.3 Å². The van der Waals surface area contributed by atoms with Crippen molar-refractivity contribution < 1.29 is 22.7 Å². The van der Waals surface area contributed by atoms with Crippen LogP contribution in [0, 0.1) is 6.92 Å². The van der Waals surface area contributed by atoms with Crippen molar-refractivity contribution in [3.63, 3.8) is 0 Å². The van der Waals surface area contributed by atoms with Crippen LogP contribution in [0.2, 0.25) is 0 Å². The first-order valence-corrected chi connectivity index (χ1v) is 12.7. The Kier molecular flexibility index (Phi) is 7.07. The second kappa shape index (κ2) is 10.2. The van der Waals surface area contributed by atoms with E-state index in [0.717, 1.165) is 22.0 Å². The number of amides is 2. The lowest BCUT2D eigenvalue weighted by Gasteiger charge is -2.24. The first kappa shape index (κ1) is 24.3. The van der Waals surface area contributed by atoms with Crippen molar-refractivity contribution in [3.05, 3.63) is 78.4 Å². The van der Waals surface area contributed by atoms with E-state index < -0.39 is 22.5 Å². The Labute approximate surface area is 205 Å². The Morgan fingerprint density at radius 3 is 2.40 bits per heavy atom. The molecule has 1 aliphatic heterocycles. The number of anilines is 3. The smallest absolute Gasteiger partial charge is 0.264 e. The summed E-state index contributed by atoms with van der Waals surface area (Å²) in [6, 6.07) is 19.8. The minimum absolute atomic E-state index is 0.0418. The summed E-state index contributed by atoms with van der Waals surface area (Å²) in [4.78, 5) is 27.0. The highest BCUT2D eigenvalue weighted by atomic mass is 32.2. The maximum atomic E-state index is 13.5. The van der Waals surface area contributed by atoms with Crippen LogP contribution in [0.15, 0.2) is 77.7 Å². The predicted molar refractivity (Wildman–Crippen MR) is 135 cm³/mol. The number of hydrogen-bond donors (Lipinski definition) is 1. The highest BCUT2D eigenvalue weighted by Crippen LogP contribution is 2.29. The summed E-state index contributed by atoms with van der Waals surface area (Å²) in [6.07, 6.45) is 1.30. The minimum Gasteiger partial charge on any atom is -0.497 e. The van der Waals surface area contributed by atoms with E-state index in [4.69, 9.17) is 4.74 Å². The molecule has 182 valence electrons. The normalized spacial score (nSPS) is 13.5. The third-order valence-corrected chi connectivity index (χ3v) is 7.62. The molecule has 0 aromatic heterocycles. The van der Waals surface area contributed by atoms with Crippen LogP contribution in [-0.2, 0) is 19.6 Å². The number of nitrogens with zero attached hydrogens (tertiary/aromatic N) is 2. The molecule has 0 atom stereocenters. The molecule has 0 unspecified atom stereocenters. The van der Waals surface area contributed by atoms with E-state index in [1.165, 1.54) is 19.2 Å². The molecule has 1 fully saturated rings. The molecule has 0 saturated carbocycles. The number of sulfonamides is 1. The standard InChI is InChI=1S/C26H27N3O5S/c1-19-10-11-20(17-24(19)28-16-6-9-26(28)31)27-25(30)18-29(21-7-4-3-5-8-21)35(32,33)23-14-12-22(34-2)13-15-23/h3-5,7-8,10-15,17H,6,9,16,18H2,1-2H3,(H,27,30). The van der Waals surface area contributed by atoms with Gasteiger partial charge in [0, 0.05) is 24.3 Å². The van der Waals surface area contributed by atoms with Gasteiger partial charge in [-0.15, -0.1) is 0 Å². The number of para-hydroxylation sites is 1. The van der Waals surface area contributed by atoms with Crippen molar-refractivity contribution >= 4 is 38.9 Å². The lowest BCUT2D eigenvalue weighted by atomic mass is 10.1. The van der Waals surface area contributed by atoms with Crippen LogP contribution in [0.1, 0.15) is 18.4 Å². The van der Waals surface area contributed by atoms with E-state index in [1.54, 1.807) is 59.5 Å². The third-order valence-electron chi connectivity index (χ3n) is 5.84.